The van der Waals surface area contributed by atoms with Crippen molar-refractivity contribution in [2.75, 3.05) is 6.54 Å². The first kappa shape index (κ1) is 15.6. The Morgan fingerprint density at radius 1 is 1.48 bits per heavy atom. The van der Waals surface area contributed by atoms with Crippen molar-refractivity contribution in [2.24, 2.45) is 11.8 Å². The van der Waals surface area contributed by atoms with Gasteiger partial charge < -0.3 is 14.4 Å². The van der Waals surface area contributed by atoms with Gasteiger partial charge in [-0.1, -0.05) is 13.8 Å². The van der Waals surface area contributed by atoms with E-state index in [2.05, 4.69) is 0 Å². The van der Waals surface area contributed by atoms with Gasteiger partial charge in [0, 0.05) is 13.0 Å². The van der Waals surface area contributed by atoms with Crippen LogP contribution in [0.4, 0.5) is 0 Å². The van der Waals surface area contributed by atoms with Gasteiger partial charge in [-0.25, -0.2) is 0 Å². The summed E-state index contributed by atoms with van der Waals surface area (Å²) in [5.41, 5.74) is 0. The second kappa shape index (κ2) is 6.33. The molecule has 0 saturated carbocycles. The lowest BCUT2D eigenvalue weighted by atomic mass is 9.92. The monoisotopic (exact) mass is 293 g/mol. The summed E-state index contributed by atoms with van der Waals surface area (Å²) in [7, 11) is 0. The van der Waals surface area contributed by atoms with Gasteiger partial charge in [-0.05, 0) is 37.8 Å². The Labute approximate surface area is 124 Å². The third-order valence-corrected chi connectivity index (χ3v) is 3.87. The van der Waals surface area contributed by atoms with Crippen LogP contribution in [0.25, 0.3) is 0 Å². The third-order valence-electron chi connectivity index (χ3n) is 3.87. The van der Waals surface area contributed by atoms with Crippen LogP contribution in [0.15, 0.2) is 16.5 Å². The van der Waals surface area contributed by atoms with E-state index >= 15 is 0 Å². The maximum Gasteiger partial charge on any atom is 0.309 e. The molecule has 1 aliphatic rings. The van der Waals surface area contributed by atoms with Gasteiger partial charge in [0.05, 0.1) is 5.92 Å². The van der Waals surface area contributed by atoms with Crippen LogP contribution in [-0.4, -0.2) is 28.4 Å². The van der Waals surface area contributed by atoms with Crippen LogP contribution in [0.5, 0.6) is 0 Å². The summed E-state index contributed by atoms with van der Waals surface area (Å²) in [6, 6.07) is 3.10. The van der Waals surface area contributed by atoms with Crippen molar-refractivity contribution in [3.05, 3.63) is 23.7 Å². The van der Waals surface area contributed by atoms with Crippen molar-refractivity contribution < 1.29 is 19.1 Å². The number of rotatable bonds is 4. The second-order valence-corrected chi connectivity index (χ2v) is 6.17. The van der Waals surface area contributed by atoms with Gasteiger partial charge in [0.1, 0.15) is 17.6 Å². The zero-order valence-corrected chi connectivity index (χ0v) is 12.8. The van der Waals surface area contributed by atoms with E-state index in [1.807, 2.05) is 26.8 Å². The summed E-state index contributed by atoms with van der Waals surface area (Å²) < 4.78 is 5.66. The number of hydrogen-bond donors (Lipinski definition) is 1. The zero-order valence-electron chi connectivity index (χ0n) is 12.8. The quantitative estimate of drug-likeness (QED) is 0.926. The maximum absolute atomic E-state index is 12.4. The molecule has 1 aromatic heterocycles. The first-order valence-electron chi connectivity index (χ1n) is 7.48. The average molecular weight is 293 g/mol. The second-order valence-electron chi connectivity index (χ2n) is 6.17. The summed E-state index contributed by atoms with van der Waals surface area (Å²) in [6.07, 6.45) is 1.52. The smallest absolute Gasteiger partial charge is 0.309 e. The van der Waals surface area contributed by atoms with Crippen LogP contribution in [0.3, 0.4) is 0 Å². The van der Waals surface area contributed by atoms with E-state index in [1.165, 1.54) is 0 Å². The molecular formula is C16H23NO4. The van der Waals surface area contributed by atoms with Crippen molar-refractivity contribution in [3.8, 4) is 0 Å². The van der Waals surface area contributed by atoms with Crippen LogP contribution in [0, 0.1) is 18.8 Å². The fraction of sp³-hybridized carbons (Fsp3) is 0.625. The Morgan fingerprint density at radius 3 is 2.71 bits per heavy atom. The number of hydrogen-bond acceptors (Lipinski definition) is 3. The number of carboxylic acids is 1. The molecule has 2 unspecified atom stereocenters. The summed E-state index contributed by atoms with van der Waals surface area (Å²) in [5, 5.41) is 9.56. The molecule has 0 aromatic carbocycles. The van der Waals surface area contributed by atoms with Crippen LogP contribution >= 0.6 is 0 Å². The fourth-order valence-electron chi connectivity index (χ4n) is 2.98. The molecule has 116 valence electrons. The van der Waals surface area contributed by atoms with Gasteiger partial charge in [-0.3, -0.25) is 9.59 Å². The molecule has 2 rings (SSSR count). The highest BCUT2D eigenvalue weighted by Gasteiger charge is 2.40. The van der Waals surface area contributed by atoms with Gasteiger partial charge in [0.2, 0.25) is 5.91 Å². The van der Waals surface area contributed by atoms with Crippen LogP contribution < -0.4 is 0 Å². The van der Waals surface area contributed by atoms with E-state index in [4.69, 9.17) is 4.42 Å². The number of carbonyl (C=O) groups is 2. The minimum Gasteiger partial charge on any atom is -0.481 e. The largest absolute Gasteiger partial charge is 0.481 e. The summed E-state index contributed by atoms with van der Waals surface area (Å²) >= 11 is 0. The summed E-state index contributed by atoms with van der Waals surface area (Å²) in [6.45, 7) is 6.42. The molecule has 1 aliphatic heterocycles. The third kappa shape index (κ3) is 3.46. The Bertz CT molecular complexity index is 520. The molecule has 0 spiro atoms. The number of furan rings is 1. The Balaban J connectivity index is 2.43. The molecule has 0 radical (unpaired) electrons. The van der Waals surface area contributed by atoms with Crippen molar-refractivity contribution in [3.63, 3.8) is 0 Å². The fourth-order valence-corrected chi connectivity index (χ4v) is 2.98. The van der Waals surface area contributed by atoms with E-state index in [9.17, 15) is 14.7 Å². The van der Waals surface area contributed by atoms with E-state index in [1.54, 1.807) is 11.0 Å². The molecular weight excluding hydrogens is 270 g/mol. The van der Waals surface area contributed by atoms with Crippen molar-refractivity contribution in [1.29, 1.82) is 0 Å². The van der Waals surface area contributed by atoms with E-state index in [0.717, 1.165) is 5.76 Å². The molecule has 1 fully saturated rings. The zero-order chi connectivity index (χ0) is 15.6. The van der Waals surface area contributed by atoms with E-state index in [0.29, 0.717) is 31.6 Å². The Morgan fingerprint density at radius 2 is 2.19 bits per heavy atom. The van der Waals surface area contributed by atoms with Crippen LogP contribution in [0.2, 0.25) is 0 Å². The molecule has 0 aliphatic carbocycles. The Kier molecular flexibility index (Phi) is 4.70. The van der Waals surface area contributed by atoms with Crippen molar-refractivity contribution in [1.82, 2.24) is 4.90 Å². The predicted octanol–water partition coefficient (Wildman–Crippen LogP) is 3.00. The van der Waals surface area contributed by atoms with Crippen molar-refractivity contribution in [2.45, 2.75) is 46.1 Å². The number of amides is 1. The molecule has 0 bridgehead atoms. The first-order valence-corrected chi connectivity index (χ1v) is 7.48. The molecule has 1 saturated heterocycles. The van der Waals surface area contributed by atoms with Gasteiger partial charge >= 0.3 is 5.97 Å². The number of nitrogens with zero attached hydrogens (tertiary/aromatic N) is 1. The minimum absolute atomic E-state index is 0.0199. The number of carboxylic acid groups (broad SMARTS) is 1. The Hall–Kier alpha value is -1.78. The highest BCUT2D eigenvalue weighted by Crippen LogP contribution is 2.37. The molecule has 2 atom stereocenters. The number of aliphatic carboxylic acids is 1. The van der Waals surface area contributed by atoms with Crippen molar-refractivity contribution >= 4 is 11.9 Å². The molecule has 5 nitrogen and oxygen atoms in total. The van der Waals surface area contributed by atoms with Gasteiger partial charge in [0.25, 0.3) is 0 Å². The summed E-state index contributed by atoms with van der Waals surface area (Å²) in [4.78, 5) is 25.8. The molecule has 2 heterocycles. The SMILES string of the molecule is Cc1ccc(C2C(C(=O)O)CCCC(=O)N2CC(C)C)o1. The van der Waals surface area contributed by atoms with Gasteiger partial charge in [0.15, 0.2) is 0 Å². The number of carbonyl (C=O) groups excluding carboxylic acids is 1. The van der Waals surface area contributed by atoms with E-state index < -0.39 is 17.9 Å². The number of aryl methyl sites for hydroxylation is 1. The van der Waals surface area contributed by atoms with Gasteiger partial charge in [-0.15, -0.1) is 0 Å². The topological polar surface area (TPSA) is 70.8 Å². The molecule has 1 N–H and O–H groups in total. The molecule has 5 heteroatoms. The average Bonchev–Trinajstić information content (AvgIpc) is 2.74. The molecule has 21 heavy (non-hydrogen) atoms. The lowest BCUT2D eigenvalue weighted by Gasteiger charge is -2.33. The highest BCUT2D eigenvalue weighted by molar-refractivity contribution is 5.79. The molecule has 1 amide bonds. The lowest BCUT2D eigenvalue weighted by Crippen LogP contribution is -2.40. The van der Waals surface area contributed by atoms with Crippen LogP contribution in [0.1, 0.15) is 50.7 Å². The first-order chi connectivity index (χ1) is 9.90. The van der Waals surface area contributed by atoms with Crippen LogP contribution in [-0.2, 0) is 9.59 Å². The standard InChI is InChI=1S/C16H23NO4/c1-10(2)9-17-14(18)6-4-5-12(16(19)20)15(17)13-8-7-11(3)21-13/h7-8,10,12,15H,4-6,9H2,1-3H3,(H,19,20). The lowest BCUT2D eigenvalue weighted by molar-refractivity contribution is -0.146. The normalized spacial score (nSPS) is 23.4. The predicted molar refractivity (Wildman–Crippen MR) is 77.7 cm³/mol. The summed E-state index contributed by atoms with van der Waals surface area (Å²) in [5.74, 6) is 0.135. The highest BCUT2D eigenvalue weighted by atomic mass is 16.4. The number of likely N-dealkylation sites (tertiary alicyclic amines) is 1. The van der Waals surface area contributed by atoms with Gasteiger partial charge in [-0.2, -0.15) is 0 Å². The maximum atomic E-state index is 12.4. The van der Waals surface area contributed by atoms with E-state index in [-0.39, 0.29) is 11.8 Å². The molecule has 1 aromatic rings. The minimum atomic E-state index is -0.863.